The van der Waals surface area contributed by atoms with Crippen molar-refractivity contribution in [3.05, 3.63) is 45.7 Å². The van der Waals surface area contributed by atoms with Crippen LogP contribution in [0.1, 0.15) is 34.4 Å². The monoisotopic (exact) mass is 273 g/mol. The Hall–Kier alpha value is -1.26. The minimum atomic E-state index is 0.499. The summed E-state index contributed by atoms with van der Waals surface area (Å²) >= 11 is 1.84. The van der Waals surface area contributed by atoms with Crippen LogP contribution in [0.3, 0.4) is 0 Å². The molecule has 3 rings (SSSR count). The summed E-state index contributed by atoms with van der Waals surface area (Å²) in [6.45, 7) is 7.41. The molecule has 100 valence electrons. The van der Waals surface area contributed by atoms with Gasteiger partial charge >= 0.3 is 0 Å². The van der Waals surface area contributed by atoms with Crippen molar-refractivity contribution < 1.29 is 0 Å². The normalized spacial score (nSPS) is 20.0. The molecule has 3 heterocycles. The molecular weight excluding hydrogens is 254 g/mol. The molecule has 0 aliphatic carbocycles. The van der Waals surface area contributed by atoms with E-state index in [-0.39, 0.29) is 0 Å². The lowest BCUT2D eigenvalue weighted by Crippen LogP contribution is -2.19. The summed E-state index contributed by atoms with van der Waals surface area (Å²) in [4.78, 5) is 13.2. The predicted molar refractivity (Wildman–Crippen MR) is 78.5 cm³/mol. The van der Waals surface area contributed by atoms with Crippen LogP contribution >= 0.6 is 11.3 Å². The number of rotatable bonds is 3. The van der Waals surface area contributed by atoms with Gasteiger partial charge in [-0.25, -0.2) is 9.97 Å². The van der Waals surface area contributed by atoms with Crippen LogP contribution in [0.5, 0.6) is 0 Å². The Morgan fingerprint density at radius 3 is 2.79 bits per heavy atom. The molecule has 0 radical (unpaired) electrons. The van der Waals surface area contributed by atoms with Crippen LogP contribution < -0.4 is 0 Å². The largest absolute Gasteiger partial charge is 0.298 e. The van der Waals surface area contributed by atoms with Gasteiger partial charge in [0.1, 0.15) is 5.82 Å². The molecule has 0 bridgehead atoms. The van der Waals surface area contributed by atoms with Crippen molar-refractivity contribution in [3.8, 4) is 0 Å². The first-order chi connectivity index (χ1) is 9.20. The van der Waals surface area contributed by atoms with E-state index < -0.39 is 0 Å². The molecular formula is C15H19N3S. The number of aromatic nitrogens is 2. The van der Waals surface area contributed by atoms with Gasteiger partial charge in [-0.1, -0.05) is 6.07 Å². The zero-order valence-corrected chi connectivity index (χ0v) is 12.3. The van der Waals surface area contributed by atoms with Gasteiger partial charge in [-0.05, 0) is 44.3 Å². The second-order valence-electron chi connectivity index (χ2n) is 5.31. The average molecular weight is 273 g/mol. The summed E-state index contributed by atoms with van der Waals surface area (Å²) in [6.07, 6.45) is 1.17. The van der Waals surface area contributed by atoms with Crippen LogP contribution in [-0.2, 0) is 6.54 Å². The van der Waals surface area contributed by atoms with Gasteiger partial charge in [-0.3, -0.25) is 4.90 Å². The van der Waals surface area contributed by atoms with Crippen molar-refractivity contribution in [2.75, 3.05) is 13.1 Å². The lowest BCUT2D eigenvalue weighted by Gasteiger charge is -2.14. The molecule has 0 N–H and O–H groups in total. The summed E-state index contributed by atoms with van der Waals surface area (Å²) in [5.74, 6) is 1.53. The Balaban J connectivity index is 1.68. The van der Waals surface area contributed by atoms with Gasteiger partial charge < -0.3 is 0 Å². The SMILES string of the molecule is Cc1cc(C)nc(C2CCN(Cc3cccs3)C2)n1. The van der Waals surface area contributed by atoms with Crippen LogP contribution in [0, 0.1) is 13.8 Å². The van der Waals surface area contributed by atoms with Gasteiger partial charge in [0.15, 0.2) is 0 Å². The fraction of sp³-hybridized carbons (Fsp3) is 0.467. The van der Waals surface area contributed by atoms with Gasteiger partial charge in [-0.2, -0.15) is 0 Å². The van der Waals surface area contributed by atoms with Crippen molar-refractivity contribution in [2.45, 2.75) is 32.7 Å². The topological polar surface area (TPSA) is 29.0 Å². The van der Waals surface area contributed by atoms with E-state index >= 15 is 0 Å². The average Bonchev–Trinajstić information content (AvgIpc) is 2.99. The highest BCUT2D eigenvalue weighted by atomic mass is 32.1. The van der Waals surface area contributed by atoms with E-state index in [1.165, 1.54) is 11.3 Å². The standard InChI is InChI=1S/C15H19N3S/c1-11-8-12(2)17-15(16-11)13-5-6-18(9-13)10-14-4-3-7-19-14/h3-4,7-8,13H,5-6,9-10H2,1-2H3. The van der Waals surface area contributed by atoms with Gasteiger partial charge in [-0.15, -0.1) is 11.3 Å². The molecule has 1 fully saturated rings. The van der Waals surface area contributed by atoms with Crippen LogP contribution in [0.4, 0.5) is 0 Å². The Labute approximate surface area is 118 Å². The van der Waals surface area contributed by atoms with Crippen LogP contribution in [-0.4, -0.2) is 28.0 Å². The third-order valence-electron chi connectivity index (χ3n) is 3.60. The molecule has 2 aromatic heterocycles. The van der Waals surface area contributed by atoms with Gasteiger partial charge in [0.25, 0.3) is 0 Å². The fourth-order valence-electron chi connectivity index (χ4n) is 2.75. The molecule has 0 spiro atoms. The number of thiophene rings is 1. The number of hydrogen-bond acceptors (Lipinski definition) is 4. The summed E-state index contributed by atoms with van der Waals surface area (Å²) in [5.41, 5.74) is 2.17. The summed E-state index contributed by atoms with van der Waals surface area (Å²) < 4.78 is 0. The Morgan fingerprint density at radius 1 is 1.32 bits per heavy atom. The molecule has 1 unspecified atom stereocenters. The van der Waals surface area contributed by atoms with E-state index in [0.717, 1.165) is 36.8 Å². The maximum absolute atomic E-state index is 4.61. The van der Waals surface area contributed by atoms with Gasteiger partial charge in [0, 0.05) is 35.3 Å². The highest BCUT2D eigenvalue weighted by molar-refractivity contribution is 7.09. The maximum atomic E-state index is 4.61. The molecule has 0 aromatic carbocycles. The van der Waals surface area contributed by atoms with E-state index in [1.807, 2.05) is 17.4 Å². The minimum Gasteiger partial charge on any atom is -0.298 e. The molecule has 1 atom stereocenters. The van der Waals surface area contributed by atoms with Crippen molar-refractivity contribution in [1.29, 1.82) is 0 Å². The molecule has 2 aromatic rings. The van der Waals surface area contributed by atoms with E-state index in [2.05, 4.69) is 46.2 Å². The van der Waals surface area contributed by atoms with Crippen molar-refractivity contribution in [2.24, 2.45) is 0 Å². The van der Waals surface area contributed by atoms with E-state index in [9.17, 15) is 0 Å². The van der Waals surface area contributed by atoms with Crippen LogP contribution in [0.2, 0.25) is 0 Å². The van der Waals surface area contributed by atoms with E-state index in [0.29, 0.717) is 5.92 Å². The fourth-order valence-corrected chi connectivity index (χ4v) is 3.49. The Morgan fingerprint density at radius 2 is 2.11 bits per heavy atom. The van der Waals surface area contributed by atoms with E-state index in [4.69, 9.17) is 0 Å². The van der Waals surface area contributed by atoms with E-state index in [1.54, 1.807) is 0 Å². The second kappa shape index (κ2) is 5.39. The quantitative estimate of drug-likeness (QED) is 0.860. The molecule has 3 nitrogen and oxygen atoms in total. The predicted octanol–water partition coefficient (Wildman–Crippen LogP) is 3.14. The minimum absolute atomic E-state index is 0.499. The molecule has 4 heteroatoms. The first kappa shape index (κ1) is 12.8. The number of nitrogens with zero attached hydrogens (tertiary/aromatic N) is 3. The Bertz CT molecular complexity index is 530. The maximum Gasteiger partial charge on any atom is 0.133 e. The smallest absolute Gasteiger partial charge is 0.133 e. The van der Waals surface area contributed by atoms with Crippen molar-refractivity contribution in [1.82, 2.24) is 14.9 Å². The molecule has 0 saturated carbocycles. The highest BCUT2D eigenvalue weighted by Crippen LogP contribution is 2.27. The summed E-state index contributed by atoms with van der Waals surface area (Å²) in [6, 6.07) is 6.38. The van der Waals surface area contributed by atoms with Crippen LogP contribution in [0.25, 0.3) is 0 Å². The van der Waals surface area contributed by atoms with Crippen LogP contribution in [0.15, 0.2) is 23.6 Å². The second-order valence-corrected chi connectivity index (χ2v) is 6.34. The first-order valence-corrected chi connectivity index (χ1v) is 7.65. The molecule has 19 heavy (non-hydrogen) atoms. The summed E-state index contributed by atoms with van der Waals surface area (Å²) in [7, 11) is 0. The third kappa shape index (κ3) is 3.01. The zero-order valence-electron chi connectivity index (χ0n) is 11.5. The third-order valence-corrected chi connectivity index (χ3v) is 4.46. The molecule has 0 amide bonds. The van der Waals surface area contributed by atoms with Gasteiger partial charge in [0.05, 0.1) is 0 Å². The molecule has 1 saturated heterocycles. The lowest BCUT2D eigenvalue weighted by molar-refractivity contribution is 0.328. The van der Waals surface area contributed by atoms with Crippen molar-refractivity contribution >= 4 is 11.3 Å². The van der Waals surface area contributed by atoms with Crippen molar-refractivity contribution in [3.63, 3.8) is 0 Å². The number of likely N-dealkylation sites (tertiary alicyclic amines) is 1. The summed E-state index contributed by atoms with van der Waals surface area (Å²) in [5, 5.41) is 2.15. The van der Waals surface area contributed by atoms with Gasteiger partial charge in [0.2, 0.25) is 0 Å². The first-order valence-electron chi connectivity index (χ1n) is 6.77. The molecule has 1 aliphatic rings. The Kier molecular flexibility index (Phi) is 3.62. The lowest BCUT2D eigenvalue weighted by atomic mass is 10.1. The number of hydrogen-bond donors (Lipinski definition) is 0. The highest BCUT2D eigenvalue weighted by Gasteiger charge is 2.26. The zero-order chi connectivity index (χ0) is 13.2. The number of aryl methyl sites for hydroxylation is 2. The molecule has 1 aliphatic heterocycles.